The summed E-state index contributed by atoms with van der Waals surface area (Å²) in [5, 5.41) is 3.07. The molecule has 2 aromatic rings. The Morgan fingerprint density at radius 1 is 1.47 bits per heavy atom. The fourth-order valence-electron chi connectivity index (χ4n) is 1.75. The van der Waals surface area contributed by atoms with Crippen LogP contribution in [0.15, 0.2) is 29.3 Å². The van der Waals surface area contributed by atoms with Gasteiger partial charge in [-0.3, -0.25) is 9.36 Å². The maximum absolute atomic E-state index is 13.5. The highest BCUT2D eigenvalue weighted by molar-refractivity contribution is 5.77. The Hall–Kier alpha value is -1.75. The van der Waals surface area contributed by atoms with Crippen molar-refractivity contribution in [2.24, 2.45) is 0 Å². The van der Waals surface area contributed by atoms with Gasteiger partial charge in [0.1, 0.15) is 11.2 Å². The lowest BCUT2D eigenvalue weighted by atomic mass is 10.2. The van der Waals surface area contributed by atoms with Gasteiger partial charge < -0.3 is 5.32 Å². The zero-order chi connectivity index (χ0) is 12.3. The van der Waals surface area contributed by atoms with Gasteiger partial charge in [-0.1, -0.05) is 6.07 Å². The minimum absolute atomic E-state index is 0.0689. The van der Waals surface area contributed by atoms with Gasteiger partial charge >= 0.3 is 0 Å². The molecule has 0 atom stereocenters. The van der Waals surface area contributed by atoms with Crippen molar-refractivity contribution in [3.8, 4) is 0 Å². The van der Waals surface area contributed by atoms with Crippen LogP contribution in [0.2, 0.25) is 0 Å². The lowest BCUT2D eigenvalue weighted by molar-refractivity contribution is 0.588. The minimum Gasteiger partial charge on any atom is -0.320 e. The zero-order valence-electron chi connectivity index (χ0n) is 9.61. The van der Waals surface area contributed by atoms with Crippen LogP contribution in [0.25, 0.3) is 10.9 Å². The van der Waals surface area contributed by atoms with Crippen molar-refractivity contribution in [3.63, 3.8) is 0 Å². The molecule has 4 nitrogen and oxygen atoms in total. The number of aromatic nitrogens is 2. The third-order valence-electron chi connectivity index (χ3n) is 2.63. The van der Waals surface area contributed by atoms with E-state index in [2.05, 4.69) is 10.3 Å². The van der Waals surface area contributed by atoms with Crippen molar-refractivity contribution >= 4 is 10.9 Å². The van der Waals surface area contributed by atoms with Crippen molar-refractivity contribution in [2.45, 2.75) is 13.0 Å². The number of aryl methyl sites for hydroxylation is 1. The van der Waals surface area contributed by atoms with Gasteiger partial charge in [-0.05, 0) is 32.1 Å². The number of rotatable bonds is 4. The van der Waals surface area contributed by atoms with Crippen molar-refractivity contribution < 1.29 is 4.39 Å². The van der Waals surface area contributed by atoms with Crippen LogP contribution in [0.4, 0.5) is 4.39 Å². The Kier molecular flexibility index (Phi) is 3.49. The molecule has 5 heteroatoms. The third-order valence-corrected chi connectivity index (χ3v) is 2.63. The van der Waals surface area contributed by atoms with Crippen molar-refractivity contribution in [3.05, 3.63) is 40.7 Å². The molecule has 0 aliphatic carbocycles. The summed E-state index contributed by atoms with van der Waals surface area (Å²) >= 11 is 0. The van der Waals surface area contributed by atoms with Gasteiger partial charge in [0.25, 0.3) is 5.56 Å². The van der Waals surface area contributed by atoms with Crippen LogP contribution >= 0.6 is 0 Å². The van der Waals surface area contributed by atoms with E-state index in [9.17, 15) is 9.18 Å². The lowest BCUT2D eigenvalue weighted by Crippen LogP contribution is -2.23. The summed E-state index contributed by atoms with van der Waals surface area (Å²) in [5.74, 6) is -0.511. The maximum atomic E-state index is 13.5. The molecule has 0 spiro atoms. The van der Waals surface area contributed by atoms with Crippen LogP contribution in [0.3, 0.4) is 0 Å². The van der Waals surface area contributed by atoms with E-state index in [4.69, 9.17) is 0 Å². The van der Waals surface area contributed by atoms with E-state index in [1.807, 2.05) is 7.05 Å². The van der Waals surface area contributed by atoms with Gasteiger partial charge in [-0.15, -0.1) is 0 Å². The molecular weight excluding hydrogens is 221 g/mol. The predicted octanol–water partition coefficient (Wildman–Crippen LogP) is 1.15. The predicted molar refractivity (Wildman–Crippen MR) is 64.5 cm³/mol. The van der Waals surface area contributed by atoms with Gasteiger partial charge in [-0.25, -0.2) is 9.37 Å². The second-order valence-corrected chi connectivity index (χ2v) is 3.83. The van der Waals surface area contributed by atoms with Crippen molar-refractivity contribution in [1.82, 2.24) is 14.9 Å². The summed E-state index contributed by atoms with van der Waals surface area (Å²) in [7, 11) is 1.85. The molecule has 0 aliphatic rings. The Morgan fingerprint density at radius 2 is 2.29 bits per heavy atom. The first-order chi connectivity index (χ1) is 8.24. The molecule has 0 radical (unpaired) electrons. The molecule has 1 aromatic heterocycles. The average Bonchev–Trinajstić information content (AvgIpc) is 2.32. The Morgan fingerprint density at radius 3 is 3.06 bits per heavy atom. The molecule has 0 bridgehead atoms. The number of nitrogens with one attached hydrogen (secondary N) is 1. The van der Waals surface area contributed by atoms with Gasteiger partial charge in [0.2, 0.25) is 0 Å². The van der Waals surface area contributed by atoms with Crippen LogP contribution in [0.1, 0.15) is 6.42 Å². The Balaban J connectivity index is 2.43. The summed E-state index contributed by atoms with van der Waals surface area (Å²) in [6.07, 6.45) is 2.28. The molecular formula is C12H14FN3O. The molecule has 0 amide bonds. The first-order valence-electron chi connectivity index (χ1n) is 5.52. The lowest BCUT2D eigenvalue weighted by Gasteiger charge is -2.06. The van der Waals surface area contributed by atoms with Crippen LogP contribution in [-0.2, 0) is 6.54 Å². The highest BCUT2D eigenvalue weighted by Gasteiger charge is 2.08. The van der Waals surface area contributed by atoms with Crippen LogP contribution < -0.4 is 10.9 Å². The fraction of sp³-hybridized carbons (Fsp3) is 0.333. The summed E-state index contributed by atoms with van der Waals surface area (Å²) in [6.45, 7) is 1.35. The molecule has 0 saturated heterocycles. The van der Waals surface area contributed by atoms with Crippen LogP contribution in [0, 0.1) is 5.82 Å². The summed E-state index contributed by atoms with van der Waals surface area (Å²) < 4.78 is 15.0. The number of hydrogen-bond donors (Lipinski definition) is 1. The van der Waals surface area contributed by atoms with Gasteiger partial charge in [0.05, 0.1) is 11.8 Å². The van der Waals surface area contributed by atoms with E-state index in [-0.39, 0.29) is 10.9 Å². The van der Waals surface area contributed by atoms with E-state index in [0.29, 0.717) is 12.1 Å². The van der Waals surface area contributed by atoms with Crippen molar-refractivity contribution in [2.75, 3.05) is 13.6 Å². The number of halogens is 1. The molecule has 0 saturated carbocycles. The average molecular weight is 235 g/mol. The molecule has 90 valence electrons. The monoisotopic (exact) mass is 235 g/mol. The highest BCUT2D eigenvalue weighted by Crippen LogP contribution is 2.10. The normalized spacial score (nSPS) is 10.9. The zero-order valence-corrected chi connectivity index (χ0v) is 9.61. The second kappa shape index (κ2) is 5.05. The SMILES string of the molecule is CNCCCn1cnc2cccc(F)c2c1=O. The molecule has 0 aliphatic heterocycles. The van der Waals surface area contributed by atoms with Crippen LogP contribution in [-0.4, -0.2) is 23.1 Å². The number of fused-ring (bicyclic) bond motifs is 1. The van der Waals surface area contributed by atoms with Crippen molar-refractivity contribution in [1.29, 1.82) is 0 Å². The number of nitrogens with zero attached hydrogens (tertiary/aromatic N) is 2. The topological polar surface area (TPSA) is 46.9 Å². The van der Waals surface area contributed by atoms with E-state index in [1.54, 1.807) is 12.1 Å². The molecule has 1 heterocycles. The maximum Gasteiger partial charge on any atom is 0.264 e. The van der Waals surface area contributed by atoms with Gasteiger partial charge in [0.15, 0.2) is 0 Å². The third kappa shape index (κ3) is 2.34. The molecule has 17 heavy (non-hydrogen) atoms. The molecule has 0 fully saturated rings. The minimum atomic E-state index is -0.511. The Bertz CT molecular complexity index is 579. The summed E-state index contributed by atoms with van der Waals surface area (Å²) in [4.78, 5) is 16.1. The first-order valence-corrected chi connectivity index (χ1v) is 5.52. The second-order valence-electron chi connectivity index (χ2n) is 3.83. The molecule has 0 unspecified atom stereocenters. The van der Waals surface area contributed by atoms with Gasteiger partial charge in [-0.2, -0.15) is 0 Å². The summed E-state index contributed by atoms with van der Waals surface area (Å²) in [5.41, 5.74) is 0.0871. The van der Waals surface area contributed by atoms with Crippen LogP contribution in [0.5, 0.6) is 0 Å². The molecule has 2 rings (SSSR count). The smallest absolute Gasteiger partial charge is 0.264 e. The standard InChI is InChI=1S/C12H14FN3O/c1-14-6-3-7-16-8-15-10-5-2-4-9(13)11(10)12(16)17/h2,4-5,8,14H,3,6-7H2,1H3. The van der Waals surface area contributed by atoms with E-state index >= 15 is 0 Å². The highest BCUT2D eigenvalue weighted by atomic mass is 19.1. The first kappa shape index (κ1) is 11.7. The summed E-state index contributed by atoms with van der Waals surface area (Å²) in [6, 6.07) is 4.47. The van der Waals surface area contributed by atoms with E-state index < -0.39 is 5.82 Å². The number of hydrogen-bond acceptors (Lipinski definition) is 3. The van der Waals surface area contributed by atoms with E-state index in [0.717, 1.165) is 13.0 Å². The van der Waals surface area contributed by atoms with E-state index in [1.165, 1.54) is 17.0 Å². The largest absolute Gasteiger partial charge is 0.320 e. The number of benzene rings is 1. The van der Waals surface area contributed by atoms with Gasteiger partial charge in [0, 0.05) is 6.54 Å². The molecule has 1 aromatic carbocycles. The molecule has 1 N–H and O–H groups in total. The quantitative estimate of drug-likeness (QED) is 0.808. The fourth-order valence-corrected chi connectivity index (χ4v) is 1.75. The Labute approximate surface area is 98.1 Å².